The highest BCUT2D eigenvalue weighted by molar-refractivity contribution is 5.94. The molecule has 2 aliphatic rings. The Morgan fingerprint density at radius 2 is 2.04 bits per heavy atom. The van der Waals surface area contributed by atoms with E-state index in [0.29, 0.717) is 11.5 Å². The Bertz CT molecular complexity index is 899. The SMILES string of the molecule is CC(C)(C)c1cn2c(n1)CCC(NC(=O)c1cc(C3CC3)[nH]c(=O)c1)C2. The monoisotopic (exact) mass is 354 g/mol. The van der Waals surface area contributed by atoms with Crippen molar-refractivity contribution < 1.29 is 4.79 Å². The maximum absolute atomic E-state index is 12.6. The largest absolute Gasteiger partial charge is 0.347 e. The minimum Gasteiger partial charge on any atom is -0.347 e. The van der Waals surface area contributed by atoms with E-state index in [-0.39, 0.29) is 22.9 Å². The van der Waals surface area contributed by atoms with Gasteiger partial charge in [0.05, 0.1) is 5.69 Å². The fourth-order valence-electron chi connectivity index (χ4n) is 3.50. The lowest BCUT2D eigenvalue weighted by molar-refractivity contribution is 0.0927. The van der Waals surface area contributed by atoms with Crippen molar-refractivity contribution in [2.75, 3.05) is 0 Å². The first-order valence-corrected chi connectivity index (χ1v) is 9.41. The molecule has 0 aromatic carbocycles. The van der Waals surface area contributed by atoms with Crippen LogP contribution in [0, 0.1) is 0 Å². The summed E-state index contributed by atoms with van der Waals surface area (Å²) < 4.78 is 2.16. The Morgan fingerprint density at radius 1 is 1.27 bits per heavy atom. The van der Waals surface area contributed by atoms with Gasteiger partial charge in [0.1, 0.15) is 5.82 Å². The van der Waals surface area contributed by atoms with Crippen LogP contribution < -0.4 is 10.9 Å². The van der Waals surface area contributed by atoms with E-state index in [1.165, 1.54) is 6.07 Å². The molecule has 1 saturated carbocycles. The normalized spacial score (nSPS) is 19.9. The van der Waals surface area contributed by atoms with Gasteiger partial charge in [-0.05, 0) is 31.2 Å². The van der Waals surface area contributed by atoms with E-state index in [2.05, 4.69) is 41.8 Å². The minimum absolute atomic E-state index is 0.0212. The van der Waals surface area contributed by atoms with E-state index in [1.54, 1.807) is 0 Å². The summed E-state index contributed by atoms with van der Waals surface area (Å²) in [7, 11) is 0. The average Bonchev–Trinajstić information content (AvgIpc) is 3.32. The smallest absolute Gasteiger partial charge is 0.251 e. The lowest BCUT2D eigenvalue weighted by atomic mass is 9.93. The summed E-state index contributed by atoms with van der Waals surface area (Å²) in [6.07, 6.45) is 5.99. The molecule has 4 rings (SSSR count). The molecule has 0 spiro atoms. The van der Waals surface area contributed by atoms with Crippen molar-refractivity contribution in [3.05, 3.63) is 51.5 Å². The molecular formula is C20H26N4O2. The van der Waals surface area contributed by atoms with Gasteiger partial charge in [0, 0.05) is 47.9 Å². The highest BCUT2D eigenvalue weighted by Crippen LogP contribution is 2.38. The molecule has 1 amide bonds. The number of imidazole rings is 1. The third-order valence-corrected chi connectivity index (χ3v) is 5.24. The van der Waals surface area contributed by atoms with Gasteiger partial charge in [0.25, 0.3) is 5.91 Å². The van der Waals surface area contributed by atoms with Crippen molar-refractivity contribution in [1.29, 1.82) is 0 Å². The van der Waals surface area contributed by atoms with Crippen LogP contribution in [-0.2, 0) is 18.4 Å². The Hall–Kier alpha value is -2.37. The molecule has 1 unspecified atom stereocenters. The molecule has 1 aliphatic carbocycles. The number of pyridine rings is 1. The van der Waals surface area contributed by atoms with Gasteiger partial charge in [-0.25, -0.2) is 4.98 Å². The van der Waals surface area contributed by atoms with Crippen molar-refractivity contribution in [3.8, 4) is 0 Å². The highest BCUT2D eigenvalue weighted by atomic mass is 16.2. The summed E-state index contributed by atoms with van der Waals surface area (Å²) in [5.41, 5.74) is 2.26. The van der Waals surface area contributed by atoms with E-state index < -0.39 is 0 Å². The first-order valence-electron chi connectivity index (χ1n) is 9.41. The molecule has 2 N–H and O–H groups in total. The molecule has 6 heteroatoms. The second kappa shape index (κ2) is 6.11. The van der Waals surface area contributed by atoms with Gasteiger partial charge in [-0.1, -0.05) is 20.8 Å². The molecule has 2 aromatic heterocycles. The van der Waals surface area contributed by atoms with Gasteiger partial charge < -0.3 is 14.9 Å². The van der Waals surface area contributed by atoms with E-state index >= 15 is 0 Å². The summed E-state index contributed by atoms with van der Waals surface area (Å²) in [5, 5.41) is 3.10. The van der Waals surface area contributed by atoms with Crippen LogP contribution in [0.1, 0.15) is 73.5 Å². The Kier molecular flexibility index (Phi) is 4.01. The summed E-state index contributed by atoms with van der Waals surface area (Å²) in [6, 6.07) is 3.28. The minimum atomic E-state index is -0.199. The number of hydrogen-bond acceptors (Lipinski definition) is 3. The van der Waals surface area contributed by atoms with Crippen LogP contribution in [0.4, 0.5) is 0 Å². The van der Waals surface area contributed by atoms with Crippen LogP contribution >= 0.6 is 0 Å². The second-order valence-corrected chi connectivity index (χ2v) is 8.62. The maximum Gasteiger partial charge on any atom is 0.251 e. The number of carbonyl (C=O) groups is 1. The topological polar surface area (TPSA) is 79.8 Å². The molecule has 138 valence electrons. The number of rotatable bonds is 3. The first-order chi connectivity index (χ1) is 12.3. The zero-order chi connectivity index (χ0) is 18.5. The number of amides is 1. The molecule has 3 heterocycles. The Balaban J connectivity index is 1.47. The van der Waals surface area contributed by atoms with Gasteiger partial charge >= 0.3 is 0 Å². The molecule has 1 fully saturated rings. The number of nitrogens with one attached hydrogen (secondary N) is 2. The lowest BCUT2D eigenvalue weighted by Crippen LogP contribution is -2.41. The van der Waals surface area contributed by atoms with Crippen LogP contribution in [-0.4, -0.2) is 26.5 Å². The van der Waals surface area contributed by atoms with Gasteiger partial charge in [0.2, 0.25) is 5.56 Å². The van der Waals surface area contributed by atoms with Crippen LogP contribution in [0.3, 0.4) is 0 Å². The van der Waals surface area contributed by atoms with Crippen LogP contribution in [0.5, 0.6) is 0 Å². The number of H-pyrrole nitrogens is 1. The number of hydrogen-bond donors (Lipinski definition) is 2. The zero-order valence-electron chi connectivity index (χ0n) is 15.6. The summed E-state index contributed by atoms with van der Waals surface area (Å²) in [6.45, 7) is 7.20. The summed E-state index contributed by atoms with van der Waals surface area (Å²) in [5.74, 6) is 1.34. The predicted octanol–water partition coefficient (Wildman–Crippen LogP) is 2.49. The van der Waals surface area contributed by atoms with E-state index in [4.69, 9.17) is 4.98 Å². The van der Waals surface area contributed by atoms with Crippen LogP contribution in [0.25, 0.3) is 0 Å². The lowest BCUT2D eigenvalue weighted by Gasteiger charge is -2.24. The van der Waals surface area contributed by atoms with E-state index in [1.807, 2.05) is 6.07 Å². The molecule has 2 aromatic rings. The highest BCUT2D eigenvalue weighted by Gasteiger charge is 2.27. The van der Waals surface area contributed by atoms with Crippen molar-refractivity contribution >= 4 is 5.91 Å². The van der Waals surface area contributed by atoms with Crippen molar-refractivity contribution in [2.45, 2.75) is 70.4 Å². The van der Waals surface area contributed by atoms with Crippen molar-refractivity contribution in [1.82, 2.24) is 19.9 Å². The molecular weight excluding hydrogens is 328 g/mol. The van der Waals surface area contributed by atoms with E-state index in [0.717, 1.165) is 49.4 Å². The molecule has 1 atom stereocenters. The number of aromatic nitrogens is 3. The fraction of sp³-hybridized carbons (Fsp3) is 0.550. The number of aryl methyl sites for hydroxylation is 1. The quantitative estimate of drug-likeness (QED) is 0.889. The van der Waals surface area contributed by atoms with Crippen molar-refractivity contribution in [2.24, 2.45) is 0 Å². The number of aromatic amines is 1. The number of carbonyl (C=O) groups excluding carboxylic acids is 1. The molecule has 1 aliphatic heterocycles. The van der Waals surface area contributed by atoms with Gasteiger partial charge in [-0.2, -0.15) is 0 Å². The molecule has 0 saturated heterocycles. The standard InChI is InChI=1S/C20H26N4O2/c1-20(2,3)16-11-24-10-14(6-7-17(24)23-16)21-19(26)13-8-15(12-4-5-12)22-18(25)9-13/h8-9,11-12,14H,4-7,10H2,1-3H3,(H,21,26)(H,22,25). The molecule has 0 radical (unpaired) electrons. The molecule has 0 bridgehead atoms. The summed E-state index contributed by atoms with van der Waals surface area (Å²) >= 11 is 0. The number of nitrogens with zero attached hydrogens (tertiary/aromatic N) is 2. The van der Waals surface area contributed by atoms with Crippen LogP contribution in [0.2, 0.25) is 0 Å². The van der Waals surface area contributed by atoms with Crippen molar-refractivity contribution in [3.63, 3.8) is 0 Å². The van der Waals surface area contributed by atoms with Gasteiger partial charge in [0.15, 0.2) is 0 Å². The van der Waals surface area contributed by atoms with Crippen LogP contribution in [0.15, 0.2) is 23.1 Å². The molecule has 26 heavy (non-hydrogen) atoms. The zero-order valence-corrected chi connectivity index (χ0v) is 15.6. The maximum atomic E-state index is 12.6. The third kappa shape index (κ3) is 3.45. The predicted molar refractivity (Wildman–Crippen MR) is 99.5 cm³/mol. The second-order valence-electron chi connectivity index (χ2n) is 8.62. The fourth-order valence-corrected chi connectivity index (χ4v) is 3.50. The average molecular weight is 354 g/mol. The summed E-state index contributed by atoms with van der Waals surface area (Å²) in [4.78, 5) is 32.1. The van der Waals surface area contributed by atoms with Gasteiger partial charge in [-0.15, -0.1) is 0 Å². The Morgan fingerprint density at radius 3 is 2.73 bits per heavy atom. The van der Waals surface area contributed by atoms with E-state index in [9.17, 15) is 9.59 Å². The Labute approximate surface area is 153 Å². The first kappa shape index (κ1) is 17.1. The molecule has 6 nitrogen and oxygen atoms in total. The number of fused-ring (bicyclic) bond motifs is 1. The van der Waals surface area contributed by atoms with Gasteiger partial charge in [-0.3, -0.25) is 9.59 Å². The third-order valence-electron chi connectivity index (χ3n) is 5.24.